The molecule has 0 saturated heterocycles. The molecule has 29 heavy (non-hydrogen) atoms. The SMILES string of the molecule is CCC(=O)Nc1cccc(NC(=O)CNc2ccc(C(=O)N(CC)CC)cc2)c1. The number of nitrogens with zero attached hydrogens (tertiary/aromatic N) is 1. The van der Waals surface area contributed by atoms with Gasteiger partial charge >= 0.3 is 0 Å². The molecule has 7 heteroatoms. The Kier molecular flexibility index (Phi) is 8.21. The van der Waals surface area contributed by atoms with Crippen LogP contribution >= 0.6 is 0 Å². The van der Waals surface area contributed by atoms with Gasteiger partial charge in [-0.2, -0.15) is 0 Å². The summed E-state index contributed by atoms with van der Waals surface area (Å²) in [6, 6.07) is 14.1. The zero-order valence-corrected chi connectivity index (χ0v) is 17.1. The van der Waals surface area contributed by atoms with E-state index in [1.54, 1.807) is 60.4 Å². The van der Waals surface area contributed by atoms with Gasteiger partial charge in [0.25, 0.3) is 5.91 Å². The average Bonchev–Trinajstić information content (AvgIpc) is 2.73. The lowest BCUT2D eigenvalue weighted by molar-refractivity contribution is -0.116. The summed E-state index contributed by atoms with van der Waals surface area (Å²) in [6.07, 6.45) is 0.389. The van der Waals surface area contributed by atoms with E-state index in [2.05, 4.69) is 16.0 Å². The molecule has 7 nitrogen and oxygen atoms in total. The Morgan fingerprint density at radius 1 is 0.793 bits per heavy atom. The lowest BCUT2D eigenvalue weighted by atomic mass is 10.1. The van der Waals surface area contributed by atoms with E-state index < -0.39 is 0 Å². The van der Waals surface area contributed by atoms with Crippen molar-refractivity contribution in [2.24, 2.45) is 0 Å². The molecule has 2 rings (SSSR count). The fourth-order valence-electron chi connectivity index (χ4n) is 2.74. The molecular weight excluding hydrogens is 368 g/mol. The fraction of sp³-hybridized carbons (Fsp3) is 0.318. The number of carbonyl (C=O) groups excluding carboxylic acids is 3. The van der Waals surface area contributed by atoms with Gasteiger partial charge in [-0.05, 0) is 56.3 Å². The maximum Gasteiger partial charge on any atom is 0.253 e. The molecular formula is C22H28N4O3. The third-order valence-corrected chi connectivity index (χ3v) is 4.39. The highest BCUT2D eigenvalue weighted by molar-refractivity contribution is 5.96. The normalized spacial score (nSPS) is 10.2. The topological polar surface area (TPSA) is 90.5 Å². The molecule has 3 amide bonds. The Balaban J connectivity index is 1.88. The fourth-order valence-corrected chi connectivity index (χ4v) is 2.74. The number of benzene rings is 2. The van der Waals surface area contributed by atoms with Gasteiger partial charge in [-0.1, -0.05) is 13.0 Å². The van der Waals surface area contributed by atoms with Gasteiger partial charge < -0.3 is 20.9 Å². The van der Waals surface area contributed by atoms with E-state index in [1.165, 1.54) is 0 Å². The van der Waals surface area contributed by atoms with Crippen LogP contribution in [0.4, 0.5) is 17.1 Å². The van der Waals surface area contributed by atoms with Crippen molar-refractivity contribution in [1.82, 2.24) is 4.90 Å². The van der Waals surface area contributed by atoms with Crippen LogP contribution in [0.2, 0.25) is 0 Å². The van der Waals surface area contributed by atoms with Crippen molar-refractivity contribution in [1.29, 1.82) is 0 Å². The number of carbonyl (C=O) groups is 3. The first-order chi connectivity index (χ1) is 14.0. The number of amides is 3. The first kappa shape index (κ1) is 21.9. The molecule has 0 atom stereocenters. The Labute approximate surface area is 171 Å². The molecule has 0 saturated carbocycles. The first-order valence-electron chi connectivity index (χ1n) is 9.79. The molecule has 2 aromatic rings. The van der Waals surface area contributed by atoms with E-state index in [9.17, 15) is 14.4 Å². The average molecular weight is 396 g/mol. The summed E-state index contributed by atoms with van der Waals surface area (Å²) >= 11 is 0. The summed E-state index contributed by atoms with van der Waals surface area (Å²) in [5.74, 6) is -0.306. The van der Waals surface area contributed by atoms with Crippen LogP contribution in [0.1, 0.15) is 37.6 Å². The highest BCUT2D eigenvalue weighted by Gasteiger charge is 2.12. The molecule has 0 bridgehead atoms. The molecule has 0 spiro atoms. The number of hydrogen-bond acceptors (Lipinski definition) is 4. The lowest BCUT2D eigenvalue weighted by Crippen LogP contribution is -2.30. The van der Waals surface area contributed by atoms with Crippen LogP contribution in [0.15, 0.2) is 48.5 Å². The van der Waals surface area contributed by atoms with Gasteiger partial charge in [0.1, 0.15) is 0 Å². The van der Waals surface area contributed by atoms with Gasteiger partial charge in [-0.3, -0.25) is 14.4 Å². The van der Waals surface area contributed by atoms with E-state index in [-0.39, 0.29) is 24.3 Å². The van der Waals surface area contributed by atoms with Crippen molar-refractivity contribution in [3.63, 3.8) is 0 Å². The molecule has 0 aromatic heterocycles. The van der Waals surface area contributed by atoms with Crippen molar-refractivity contribution < 1.29 is 14.4 Å². The smallest absolute Gasteiger partial charge is 0.253 e. The highest BCUT2D eigenvalue weighted by atomic mass is 16.2. The van der Waals surface area contributed by atoms with Gasteiger partial charge in [0.2, 0.25) is 11.8 Å². The first-order valence-corrected chi connectivity index (χ1v) is 9.79. The van der Waals surface area contributed by atoms with Gasteiger partial charge in [0.05, 0.1) is 6.54 Å². The zero-order valence-electron chi connectivity index (χ0n) is 17.1. The number of nitrogens with one attached hydrogen (secondary N) is 3. The number of rotatable bonds is 9. The van der Waals surface area contributed by atoms with E-state index in [1.807, 2.05) is 13.8 Å². The summed E-state index contributed by atoms with van der Waals surface area (Å²) in [7, 11) is 0. The highest BCUT2D eigenvalue weighted by Crippen LogP contribution is 2.16. The van der Waals surface area contributed by atoms with E-state index in [0.29, 0.717) is 36.4 Å². The summed E-state index contributed by atoms with van der Waals surface area (Å²) < 4.78 is 0. The molecule has 0 fully saturated rings. The second-order valence-corrected chi connectivity index (χ2v) is 6.44. The van der Waals surface area contributed by atoms with Crippen molar-refractivity contribution in [2.45, 2.75) is 27.2 Å². The Bertz CT molecular complexity index is 845. The maximum absolute atomic E-state index is 12.3. The van der Waals surface area contributed by atoms with Crippen LogP contribution in [0, 0.1) is 0 Å². The molecule has 0 aliphatic rings. The molecule has 2 aromatic carbocycles. The summed E-state index contributed by atoms with van der Waals surface area (Å²) in [5.41, 5.74) is 2.61. The van der Waals surface area contributed by atoms with Gasteiger partial charge in [-0.15, -0.1) is 0 Å². The third-order valence-electron chi connectivity index (χ3n) is 4.39. The van der Waals surface area contributed by atoms with Gasteiger partial charge in [0.15, 0.2) is 0 Å². The quantitative estimate of drug-likeness (QED) is 0.604. The minimum absolute atomic E-state index is 0.00524. The molecule has 154 valence electrons. The molecule has 0 aliphatic heterocycles. The van der Waals surface area contributed by atoms with Crippen LogP contribution in [0.25, 0.3) is 0 Å². The monoisotopic (exact) mass is 396 g/mol. The number of anilines is 3. The molecule has 0 unspecified atom stereocenters. The predicted octanol–water partition coefficient (Wildman–Crippen LogP) is 3.57. The van der Waals surface area contributed by atoms with Gasteiger partial charge in [0, 0.05) is 42.1 Å². The molecule has 0 aliphatic carbocycles. The summed E-state index contributed by atoms with van der Waals surface area (Å²) in [5, 5.41) is 8.58. The maximum atomic E-state index is 12.3. The molecule has 0 heterocycles. The third kappa shape index (κ3) is 6.64. The second-order valence-electron chi connectivity index (χ2n) is 6.44. The second kappa shape index (κ2) is 10.8. The number of hydrogen-bond donors (Lipinski definition) is 3. The standard InChI is InChI=1S/C22H28N4O3/c1-4-20(27)24-18-8-7-9-19(14-18)25-21(28)15-23-17-12-10-16(11-13-17)22(29)26(5-2)6-3/h7-14,23H,4-6,15H2,1-3H3,(H,24,27)(H,25,28). The van der Waals surface area contributed by atoms with Crippen molar-refractivity contribution in [3.8, 4) is 0 Å². The van der Waals surface area contributed by atoms with E-state index in [4.69, 9.17) is 0 Å². The van der Waals surface area contributed by atoms with Crippen molar-refractivity contribution in [3.05, 3.63) is 54.1 Å². The van der Waals surface area contributed by atoms with Crippen LogP contribution < -0.4 is 16.0 Å². The largest absolute Gasteiger partial charge is 0.376 e. The molecule has 0 radical (unpaired) electrons. The zero-order chi connectivity index (χ0) is 21.2. The van der Waals surface area contributed by atoms with Crippen molar-refractivity contribution in [2.75, 3.05) is 35.6 Å². The van der Waals surface area contributed by atoms with Crippen LogP contribution in [-0.4, -0.2) is 42.3 Å². The van der Waals surface area contributed by atoms with Crippen LogP contribution in [-0.2, 0) is 9.59 Å². The van der Waals surface area contributed by atoms with Crippen molar-refractivity contribution >= 4 is 34.8 Å². The Morgan fingerprint density at radius 2 is 1.38 bits per heavy atom. The predicted molar refractivity (Wildman–Crippen MR) is 116 cm³/mol. The van der Waals surface area contributed by atoms with Crippen LogP contribution in [0.5, 0.6) is 0 Å². The van der Waals surface area contributed by atoms with Gasteiger partial charge in [-0.25, -0.2) is 0 Å². The minimum atomic E-state index is -0.215. The summed E-state index contributed by atoms with van der Waals surface area (Å²) in [4.78, 5) is 37.7. The minimum Gasteiger partial charge on any atom is -0.376 e. The van der Waals surface area contributed by atoms with Crippen LogP contribution in [0.3, 0.4) is 0 Å². The molecule has 3 N–H and O–H groups in total. The Hall–Kier alpha value is -3.35. The van der Waals surface area contributed by atoms with E-state index >= 15 is 0 Å². The van der Waals surface area contributed by atoms with E-state index in [0.717, 1.165) is 5.69 Å². The summed E-state index contributed by atoms with van der Waals surface area (Å²) in [6.45, 7) is 7.08. The Morgan fingerprint density at radius 3 is 1.93 bits per heavy atom. The lowest BCUT2D eigenvalue weighted by Gasteiger charge is -2.18.